The van der Waals surface area contributed by atoms with E-state index in [2.05, 4.69) is 44.9 Å². The molecule has 12 nitrogen and oxygen atoms in total. The van der Waals surface area contributed by atoms with Crippen molar-refractivity contribution in [3.8, 4) is 0 Å². The molecule has 284 valence electrons. The predicted octanol–water partition coefficient (Wildman–Crippen LogP) is 7.36. The molecular formula is C38H60O12. The summed E-state index contributed by atoms with van der Waals surface area (Å²) in [6.45, 7) is 27.2. The minimum absolute atomic E-state index is 0.0352. The average Bonchev–Trinajstić information content (AvgIpc) is 3.09. The Bertz CT molecular complexity index is 1100. The zero-order valence-corrected chi connectivity index (χ0v) is 30.9. The van der Waals surface area contributed by atoms with E-state index in [9.17, 15) is 28.8 Å². The van der Waals surface area contributed by atoms with Crippen LogP contribution in [0.3, 0.4) is 0 Å². The highest BCUT2D eigenvalue weighted by Gasteiger charge is 2.08. The molecular weight excluding hydrogens is 648 g/mol. The van der Waals surface area contributed by atoms with Gasteiger partial charge in [-0.15, -0.1) is 0 Å². The Hall–Kier alpha value is -4.74. The first-order valence-electron chi connectivity index (χ1n) is 16.7. The summed E-state index contributed by atoms with van der Waals surface area (Å²) in [7, 11) is 0. The molecule has 2 N–H and O–H groups in total. The van der Waals surface area contributed by atoms with Gasteiger partial charge in [0.2, 0.25) is 0 Å². The minimum Gasteiger partial charge on any atom is -0.478 e. The van der Waals surface area contributed by atoms with Gasteiger partial charge in [-0.1, -0.05) is 100.0 Å². The Balaban J connectivity index is -0.000000286. The molecule has 0 heterocycles. The van der Waals surface area contributed by atoms with Gasteiger partial charge in [0.05, 0.1) is 37.6 Å². The summed E-state index contributed by atoms with van der Waals surface area (Å²) in [5.41, 5.74) is 0.0801. The van der Waals surface area contributed by atoms with E-state index in [4.69, 9.17) is 24.4 Å². The minimum atomic E-state index is -1.12. The van der Waals surface area contributed by atoms with Gasteiger partial charge in [-0.25, -0.2) is 28.8 Å². The van der Waals surface area contributed by atoms with Gasteiger partial charge >= 0.3 is 35.8 Å². The highest BCUT2D eigenvalue weighted by molar-refractivity contribution is 5.93. The topological polar surface area (TPSA) is 180 Å². The molecule has 1 atom stereocenters. The third-order valence-corrected chi connectivity index (χ3v) is 5.74. The molecule has 50 heavy (non-hydrogen) atoms. The highest BCUT2D eigenvalue weighted by atomic mass is 16.5. The molecule has 0 fully saturated rings. The molecule has 0 aliphatic rings. The summed E-state index contributed by atoms with van der Waals surface area (Å²) in [6.07, 6.45) is 14.7. The summed E-state index contributed by atoms with van der Waals surface area (Å²) >= 11 is 0. The number of carbonyl (C=O) groups excluding carboxylic acids is 4. The van der Waals surface area contributed by atoms with Gasteiger partial charge in [0, 0.05) is 24.3 Å². The number of unbranched alkanes of at least 4 members (excludes halogenated alkanes) is 3. The summed E-state index contributed by atoms with van der Waals surface area (Å²) in [5, 5.41) is 16.6. The SMILES string of the molecule is C=C(C=CC(=O)O)C(=O)OCC(C)C.C=C(C=CC(=O)O)C(=O)OCCCC.C=CC(=O)OCC(CC)CCCC.C=CC(=O)OCCCC. The van der Waals surface area contributed by atoms with Crippen molar-refractivity contribution < 1.29 is 57.9 Å². The van der Waals surface area contributed by atoms with Crippen LogP contribution in [0.4, 0.5) is 0 Å². The molecule has 0 saturated heterocycles. The Morgan fingerprint density at radius 2 is 1.02 bits per heavy atom. The fourth-order valence-corrected chi connectivity index (χ4v) is 2.75. The number of carbonyl (C=O) groups is 6. The van der Waals surface area contributed by atoms with Crippen LogP contribution in [0.2, 0.25) is 0 Å². The number of carboxylic acid groups (broad SMARTS) is 2. The Morgan fingerprint density at radius 3 is 1.40 bits per heavy atom. The summed E-state index contributed by atoms with van der Waals surface area (Å²) in [6, 6.07) is 0. The molecule has 12 heteroatoms. The van der Waals surface area contributed by atoms with E-state index in [0.29, 0.717) is 32.3 Å². The molecule has 0 aliphatic carbocycles. The maximum absolute atomic E-state index is 11.1. The van der Waals surface area contributed by atoms with E-state index in [1.54, 1.807) is 0 Å². The first-order chi connectivity index (χ1) is 23.6. The van der Waals surface area contributed by atoms with Gasteiger partial charge in [-0.05, 0) is 43.3 Å². The molecule has 0 aliphatic heterocycles. The molecule has 0 amide bonds. The van der Waals surface area contributed by atoms with Gasteiger partial charge in [-0.2, -0.15) is 0 Å². The van der Waals surface area contributed by atoms with Gasteiger partial charge in [-0.3, -0.25) is 0 Å². The molecule has 0 rings (SSSR count). The van der Waals surface area contributed by atoms with Crippen LogP contribution in [0, 0.1) is 11.8 Å². The second-order valence-corrected chi connectivity index (χ2v) is 10.9. The quantitative estimate of drug-likeness (QED) is 0.0376. The molecule has 0 aromatic rings. The number of hydrogen-bond donors (Lipinski definition) is 2. The van der Waals surface area contributed by atoms with Crippen molar-refractivity contribution in [3.05, 3.63) is 73.9 Å². The molecule has 0 radical (unpaired) electrons. The lowest BCUT2D eigenvalue weighted by Gasteiger charge is -2.13. The van der Waals surface area contributed by atoms with E-state index in [1.807, 2.05) is 27.7 Å². The maximum Gasteiger partial charge on any atom is 0.337 e. The van der Waals surface area contributed by atoms with E-state index in [1.165, 1.54) is 25.0 Å². The molecule has 1 unspecified atom stereocenters. The standard InChI is InChI=1S/C11H20O2.2C10H14O4.C7H12O2/c1-4-7-8-10(5-2)9-13-11(12)6-3;1-7(2)6-14-10(13)8(3)4-5-9(11)12;1-3-4-7-14-10(13)8(2)5-6-9(11)12;1-3-5-6-9-7(8)4-2/h6,10H,3-5,7-9H2,1-2H3;4-5,7H,3,6H2,1-2H3,(H,11,12);5-6H,2-4,7H2,1H3,(H,11,12);4H,2-3,5-6H2,1H3. The Morgan fingerprint density at radius 1 is 0.600 bits per heavy atom. The third-order valence-electron chi connectivity index (χ3n) is 5.74. The first kappa shape index (κ1) is 52.1. The first-order valence-corrected chi connectivity index (χ1v) is 16.7. The van der Waals surface area contributed by atoms with Crippen molar-refractivity contribution in [1.82, 2.24) is 0 Å². The molecule has 0 spiro atoms. The van der Waals surface area contributed by atoms with Gasteiger partial charge in [0.15, 0.2) is 0 Å². The molecule has 0 bridgehead atoms. The van der Waals surface area contributed by atoms with Crippen LogP contribution in [-0.2, 0) is 47.7 Å². The number of aliphatic carboxylic acids is 2. The van der Waals surface area contributed by atoms with Crippen molar-refractivity contribution >= 4 is 35.8 Å². The number of ether oxygens (including phenoxy) is 4. The summed E-state index contributed by atoms with van der Waals surface area (Å²) in [5.74, 6) is -3.28. The van der Waals surface area contributed by atoms with Gasteiger partial charge in [0.25, 0.3) is 0 Å². The zero-order chi connectivity index (χ0) is 39.3. The highest BCUT2D eigenvalue weighted by Crippen LogP contribution is 2.12. The predicted molar refractivity (Wildman–Crippen MR) is 194 cm³/mol. The average molecular weight is 709 g/mol. The van der Waals surface area contributed by atoms with Crippen LogP contribution in [0.25, 0.3) is 0 Å². The van der Waals surface area contributed by atoms with Crippen molar-refractivity contribution in [3.63, 3.8) is 0 Å². The van der Waals surface area contributed by atoms with E-state index < -0.39 is 23.9 Å². The Kier molecular flexibility index (Phi) is 38.6. The normalized spacial score (nSPS) is 10.5. The largest absolute Gasteiger partial charge is 0.478 e. The van der Waals surface area contributed by atoms with Crippen LogP contribution in [0.5, 0.6) is 0 Å². The molecule has 0 aromatic heterocycles. The molecule has 0 aromatic carbocycles. The lowest BCUT2D eigenvalue weighted by Crippen LogP contribution is -2.12. The number of esters is 4. The van der Waals surface area contributed by atoms with Crippen molar-refractivity contribution in [2.75, 3.05) is 26.4 Å². The van der Waals surface area contributed by atoms with Crippen molar-refractivity contribution in [2.45, 2.75) is 92.9 Å². The fourth-order valence-electron chi connectivity index (χ4n) is 2.75. The van der Waals surface area contributed by atoms with Gasteiger partial charge in [0.1, 0.15) is 0 Å². The van der Waals surface area contributed by atoms with Crippen LogP contribution in [0.1, 0.15) is 92.9 Å². The Labute approximate surface area is 298 Å². The fraction of sp³-hybridized carbons (Fsp3) is 0.526. The lowest BCUT2D eigenvalue weighted by molar-refractivity contribution is -0.140. The second-order valence-electron chi connectivity index (χ2n) is 10.9. The monoisotopic (exact) mass is 708 g/mol. The van der Waals surface area contributed by atoms with E-state index in [0.717, 1.165) is 62.8 Å². The smallest absolute Gasteiger partial charge is 0.337 e. The lowest BCUT2D eigenvalue weighted by atomic mass is 10.0. The summed E-state index contributed by atoms with van der Waals surface area (Å²) < 4.78 is 19.3. The summed E-state index contributed by atoms with van der Waals surface area (Å²) in [4.78, 5) is 63.5. The maximum atomic E-state index is 11.1. The van der Waals surface area contributed by atoms with E-state index >= 15 is 0 Å². The van der Waals surface area contributed by atoms with E-state index in [-0.39, 0.29) is 29.0 Å². The van der Waals surface area contributed by atoms with Crippen LogP contribution >= 0.6 is 0 Å². The third kappa shape index (κ3) is 41.3. The van der Waals surface area contributed by atoms with Crippen molar-refractivity contribution in [2.24, 2.45) is 11.8 Å². The second kappa shape index (κ2) is 37.1. The van der Waals surface area contributed by atoms with Gasteiger partial charge < -0.3 is 29.2 Å². The van der Waals surface area contributed by atoms with Crippen LogP contribution in [-0.4, -0.2) is 72.5 Å². The number of carboxylic acids is 2. The number of rotatable bonds is 22. The zero-order valence-electron chi connectivity index (χ0n) is 30.9. The molecule has 0 saturated carbocycles. The van der Waals surface area contributed by atoms with Crippen molar-refractivity contribution in [1.29, 1.82) is 0 Å². The number of hydrogen-bond acceptors (Lipinski definition) is 10. The van der Waals surface area contributed by atoms with Crippen LogP contribution < -0.4 is 0 Å². The van der Waals surface area contributed by atoms with Crippen LogP contribution in [0.15, 0.2) is 73.9 Å².